The van der Waals surface area contributed by atoms with Crippen molar-refractivity contribution in [1.82, 2.24) is 14.5 Å². The number of phenols is 9. The number of aromatic hydroxyl groups is 9. The molecular weight excluding hydrogens is 2770 g/mol. The van der Waals surface area contributed by atoms with E-state index in [4.69, 9.17) is 153 Å². The number of carbonyl (C=O) groups is 4. The molecule has 0 spiro atoms. The molecule has 2 aliphatic heterocycles. The number of carbonyl (C=O) groups excluding carboxylic acids is 1. The van der Waals surface area contributed by atoms with Crippen molar-refractivity contribution >= 4 is 321 Å². The number of aromatic carboxylic acids is 3. The number of carboxylic acid groups (broad SMARTS) is 3. The molecule has 24 nitrogen and oxygen atoms in total. The summed E-state index contributed by atoms with van der Waals surface area (Å²) in [6, 6.07) is 43.9. The first-order valence-corrected chi connectivity index (χ1v) is 55.9. The molecule has 0 bridgehead atoms. The Hall–Kier alpha value is -8.28. The van der Waals surface area contributed by atoms with E-state index in [9.17, 15) is 90.0 Å². The molecule has 752 valence electrons. The number of thioether (sulfide) groups is 1. The molecular formula is C101H64BBr6Cl12HgN3O21S2. The molecule has 0 amide bonds. The summed E-state index contributed by atoms with van der Waals surface area (Å²) >= 11 is 93.1. The number of rotatable bonds is 17. The number of fused-ring (bicyclic) bond motifs is 6. The van der Waals surface area contributed by atoms with Crippen LogP contribution in [0, 0.1) is 0 Å². The number of ether oxygens (including phenoxy) is 1. The molecule has 46 heteroatoms. The van der Waals surface area contributed by atoms with E-state index in [0.29, 0.717) is 150 Å². The second-order valence-corrected chi connectivity index (χ2v) is 46.4. The van der Waals surface area contributed by atoms with Crippen LogP contribution in [0.2, 0.25) is 60.3 Å². The van der Waals surface area contributed by atoms with Crippen LogP contribution in [0.15, 0.2) is 243 Å². The summed E-state index contributed by atoms with van der Waals surface area (Å²) in [4.78, 5) is 82.4. The third kappa shape index (κ3) is 26.8. The number of aliphatic hydroxyl groups is 1. The molecule has 147 heavy (non-hydrogen) atoms. The van der Waals surface area contributed by atoms with Crippen LogP contribution in [0.5, 0.6) is 57.5 Å². The van der Waals surface area contributed by atoms with Gasteiger partial charge in [0.15, 0.2) is 16.6 Å². The van der Waals surface area contributed by atoms with E-state index < -0.39 is 24.0 Å². The molecule has 0 fully saturated rings. The van der Waals surface area contributed by atoms with E-state index >= 15 is 0 Å². The van der Waals surface area contributed by atoms with Crippen LogP contribution in [0.1, 0.15) is 101 Å². The second-order valence-electron chi connectivity index (χ2n) is 31.6. The molecule has 13 N–H and O–H groups in total. The SMILES string of the molecule is CCn1c(SCC(=O)Cc2ccc(C(=O)O)cc2)nc2nc3c(cc2c1=O)CCCC3.O=C(O)c1ccccc1-c1c2cc(Br)c(=O)cc-2oc2[c]([Hg])c(O)c(Br)cc12.O=C(O)c1ccccc1C1=C2C=C(Br)C(O)C(Br)=C2Oc2c1cc(Br)c(O)c2Br.Oc1c(Cl)cc(Cl)c(Cl)c1Cc1c(O)c(Cl)cc(Cl)c1Cl.Oc1c(Cl)cc(Cl)cc1Sc1cc(Cl)cc(Cl)c1O.Oc1ccc(Cl)cc1Cc1c(O)ccc(Cl)c1O.[B]. The molecule has 13 aromatic rings. The topological polar surface area (TPSA) is 418 Å². The Labute approximate surface area is 972 Å². The predicted molar refractivity (Wildman–Crippen MR) is 596 cm³/mol. The number of allylic oxidation sites excluding steroid dienone is 1. The first-order chi connectivity index (χ1) is 69.1. The van der Waals surface area contributed by atoms with Crippen molar-refractivity contribution in [1.29, 1.82) is 0 Å². The Kier molecular flexibility index (Phi) is 40.7. The van der Waals surface area contributed by atoms with Crippen molar-refractivity contribution < 1.29 is 121 Å². The summed E-state index contributed by atoms with van der Waals surface area (Å²) in [6.45, 7) is 2.35. The third-order valence-electron chi connectivity index (χ3n) is 22.2. The number of ketones is 1. The van der Waals surface area contributed by atoms with Gasteiger partial charge in [-0.1, -0.05) is 209 Å². The molecule has 3 aliphatic carbocycles. The Morgan fingerprint density at radius 1 is 0.517 bits per heavy atom. The van der Waals surface area contributed by atoms with Gasteiger partial charge in [0.2, 0.25) is 0 Å². The zero-order chi connectivity index (χ0) is 106. The fraction of sp³-hybridized carbons (Fsp3) is 0.109. The van der Waals surface area contributed by atoms with E-state index in [1.807, 2.05) is 13.0 Å². The molecule has 18 rings (SSSR count). The maximum absolute atomic E-state index is 13.0. The summed E-state index contributed by atoms with van der Waals surface area (Å²) in [5.74, 6) is -2.91. The van der Waals surface area contributed by atoms with E-state index in [1.165, 1.54) is 96.7 Å². The minimum Gasteiger partial charge on any atom is -0.508 e. The quantitative estimate of drug-likeness (QED) is 0.0132. The molecule has 0 saturated carbocycles. The van der Waals surface area contributed by atoms with Crippen molar-refractivity contribution in [3.05, 3.63) is 362 Å². The van der Waals surface area contributed by atoms with Gasteiger partial charge in [-0.3, -0.25) is 14.2 Å². The average Bonchev–Trinajstić information content (AvgIpc) is 0.727. The van der Waals surface area contributed by atoms with Gasteiger partial charge in [-0.25, -0.2) is 19.6 Å². The first-order valence-electron chi connectivity index (χ1n) is 42.1. The minimum atomic E-state index is -1.07. The number of aromatic nitrogens is 3. The van der Waals surface area contributed by atoms with Gasteiger partial charge in [0, 0.05) is 92.9 Å². The molecule has 3 radical (unpaired) electrons. The summed E-state index contributed by atoms with van der Waals surface area (Å²) in [5.41, 5.74) is 9.12. The maximum Gasteiger partial charge on any atom is 0.336 e. The minimum absolute atomic E-state index is 0. The van der Waals surface area contributed by atoms with Gasteiger partial charge < -0.3 is 60.9 Å². The van der Waals surface area contributed by atoms with Gasteiger partial charge >= 0.3 is 205 Å². The molecule has 0 saturated heterocycles. The van der Waals surface area contributed by atoms with Gasteiger partial charge in [0.25, 0.3) is 5.56 Å². The molecule has 1 atom stereocenters. The van der Waals surface area contributed by atoms with Crippen molar-refractivity contribution in [3.63, 3.8) is 0 Å². The number of pyridine rings is 1. The fourth-order valence-corrected chi connectivity index (χ4v) is 26.1. The van der Waals surface area contributed by atoms with Gasteiger partial charge in [0.05, 0.1) is 86.2 Å². The predicted octanol–water partition coefficient (Wildman–Crippen LogP) is 29.8. The van der Waals surface area contributed by atoms with Crippen LogP contribution >= 0.6 is 258 Å². The van der Waals surface area contributed by atoms with Gasteiger partial charge in [0.1, 0.15) is 68.1 Å². The van der Waals surface area contributed by atoms with E-state index in [0.717, 1.165) is 54.3 Å². The van der Waals surface area contributed by atoms with Gasteiger partial charge in [-0.2, -0.15) is 0 Å². The number of Topliss-reactive ketones (excluding diaryl/α,β-unsaturated/α-hetero) is 1. The Bertz CT molecular complexity index is 7910. The maximum atomic E-state index is 13.0. The van der Waals surface area contributed by atoms with E-state index in [1.54, 1.807) is 89.5 Å². The number of benzene rings is 12. The Balaban J connectivity index is 0.000000158. The zero-order valence-electron chi connectivity index (χ0n) is 74.5. The summed E-state index contributed by atoms with van der Waals surface area (Å²) in [5, 5.41) is 132. The van der Waals surface area contributed by atoms with Crippen molar-refractivity contribution in [3.8, 4) is 79.9 Å². The number of aliphatic hydroxyl groups excluding tert-OH is 1. The molecule has 11 aromatic carbocycles. The normalized spacial score (nSPS) is 12.7. The summed E-state index contributed by atoms with van der Waals surface area (Å²) in [6.07, 6.45) is 5.09. The number of carboxylic acids is 3. The number of aryl methyl sites for hydroxylation is 2. The van der Waals surface area contributed by atoms with Crippen molar-refractivity contribution in [2.45, 2.75) is 79.5 Å². The monoisotopic (exact) mass is 2820 g/mol. The average molecular weight is 2840 g/mol. The van der Waals surface area contributed by atoms with Gasteiger partial charge in [-0.15, -0.1) is 0 Å². The number of hydrogen-bond acceptors (Lipinski definition) is 22. The van der Waals surface area contributed by atoms with Crippen LogP contribution in [0.25, 0.3) is 50.0 Å². The van der Waals surface area contributed by atoms with Crippen molar-refractivity contribution in [2.75, 3.05) is 5.75 Å². The Morgan fingerprint density at radius 3 is 1.65 bits per heavy atom. The molecule has 1 unspecified atom stereocenters. The Morgan fingerprint density at radius 2 is 1.06 bits per heavy atom. The summed E-state index contributed by atoms with van der Waals surface area (Å²) < 4.78 is 16.8. The molecule has 5 aliphatic rings. The number of nitrogens with zero attached hydrogens (tertiary/aromatic N) is 3. The van der Waals surface area contributed by atoms with Crippen molar-refractivity contribution in [2.24, 2.45) is 0 Å². The standard InChI is InChI=1S/C23H23N3O4S.C20H10Br4O5.C20H9Br2O5.C13H6Cl6O2.C13H10Cl2O3.C12H6Cl4O2S.B.Hg/c1-2-26-21(28)18-12-16-5-3-4-6-19(16)24-20(18)25-23(26)31-13-17(27)11-14-7-9-15(10-8-14)22(29)30;21-11-5-9-13(7-3-1-2-4-8(7)20(27)28)10-6-12(22)17(26)15(24)19(10)29-18(9)14(23)16(11)25;21-13-5-11-17(7-15(13)23)27-18-8-16(24)14(22)6-12(18)19(11)9-3-1-2-4-10(9)20(25)26;14-6-2-8(16)12(20)4(10(6)18)1-5-11(19)7(15)3-9(17)13(5)21;14-8-1-3-11(16)7(5-8)6-9-12(17)4-2-10(15)13(9)18;13-5-1-7(15)11(17)9(3-5)19-10-4-6(14)2-8(16)12(10)18;;/h7-10,12H,2-6,11,13H2,1H3,(H,29,30);1-6,16,25-26H,(H,27,28);1-7,24H,(H,25,26);2-3,20-21H,1H2;1-5,16-18H,6H2;1-4,17-18H;;. The number of phenolic OH excluding ortho intramolecular Hbond substituents is 9. The molecule has 2 aromatic heterocycles. The summed E-state index contributed by atoms with van der Waals surface area (Å²) in [7, 11) is 0. The number of hydrogen-bond donors (Lipinski definition) is 13. The second kappa shape index (κ2) is 51.0. The van der Waals surface area contributed by atoms with Crippen LogP contribution < -0.4 is 18.8 Å². The van der Waals surface area contributed by atoms with Crippen LogP contribution in [0.4, 0.5) is 0 Å². The zero-order valence-corrected chi connectivity index (χ0v) is 100. The van der Waals surface area contributed by atoms with Gasteiger partial charge in [-0.05, 0) is 206 Å². The first kappa shape index (κ1) is 117. The van der Waals surface area contributed by atoms with E-state index in [2.05, 4.69) is 106 Å². The van der Waals surface area contributed by atoms with Crippen LogP contribution in [0.3, 0.4) is 0 Å². The van der Waals surface area contributed by atoms with Crippen LogP contribution in [-0.2, 0) is 69.6 Å². The smallest absolute Gasteiger partial charge is 0.336 e. The third-order valence-corrected chi connectivity index (χ3v) is 34.7. The fourth-order valence-electron chi connectivity index (χ4n) is 15.1. The largest absolute Gasteiger partial charge is 0.508 e. The molecule has 4 heterocycles. The van der Waals surface area contributed by atoms with Crippen LogP contribution in [-0.4, -0.2) is 125 Å². The van der Waals surface area contributed by atoms with E-state index in [-0.39, 0.29) is 207 Å². The number of halogens is 18.